The zero-order valence-electron chi connectivity index (χ0n) is 19.5. The van der Waals surface area contributed by atoms with Crippen molar-refractivity contribution in [2.24, 2.45) is 11.3 Å². The molecule has 1 N–H and O–H groups in total. The number of alkyl halides is 1. The van der Waals surface area contributed by atoms with Gasteiger partial charge in [0, 0.05) is 12.1 Å². The zero-order chi connectivity index (χ0) is 24.2. The number of nitriles is 1. The van der Waals surface area contributed by atoms with E-state index >= 15 is 4.39 Å². The molecule has 3 saturated carbocycles. The van der Waals surface area contributed by atoms with Gasteiger partial charge in [-0.15, -0.1) is 15.3 Å². The number of hydrogen-bond donors (Lipinski definition) is 1. The number of halogens is 1. The van der Waals surface area contributed by atoms with Crippen LogP contribution in [0.2, 0.25) is 0 Å². The Labute approximate surface area is 202 Å². The topological polar surface area (TPSA) is 117 Å². The predicted octanol–water partition coefficient (Wildman–Crippen LogP) is 3.97. The highest BCUT2D eigenvalue weighted by molar-refractivity contribution is 5.66. The molecule has 2 heterocycles. The Balaban J connectivity index is 1.26. The number of fused-ring (bicyclic) bond motifs is 2. The second-order valence-corrected chi connectivity index (χ2v) is 10.5. The van der Waals surface area contributed by atoms with E-state index in [0.29, 0.717) is 17.1 Å². The van der Waals surface area contributed by atoms with Crippen LogP contribution in [0.4, 0.5) is 10.2 Å². The molecule has 1 aromatic carbocycles. The molecular formula is C25H27FN8O. The molecule has 0 saturated heterocycles. The van der Waals surface area contributed by atoms with Crippen LogP contribution in [0.15, 0.2) is 30.7 Å². The van der Waals surface area contributed by atoms with Crippen molar-refractivity contribution in [1.82, 2.24) is 29.9 Å². The molecule has 9 nitrogen and oxygen atoms in total. The van der Waals surface area contributed by atoms with Crippen LogP contribution in [0, 0.1) is 22.7 Å². The molecule has 35 heavy (non-hydrogen) atoms. The second kappa shape index (κ2) is 8.26. The molecule has 10 heteroatoms. The SMILES string of the molecule is C[C@@]12CCC[C@@H](C1)[C@@H](F)[C@@H](N(c1cnc(-c3ccc(-n4cnc(C#N)n4)cc3O)nn1)C1CC1)C2. The highest BCUT2D eigenvalue weighted by atomic mass is 19.1. The normalized spacial score (nSPS) is 27.9. The van der Waals surface area contributed by atoms with Crippen LogP contribution >= 0.6 is 0 Å². The van der Waals surface area contributed by atoms with Crippen molar-refractivity contribution in [3.63, 3.8) is 0 Å². The Bertz CT molecular complexity index is 1280. The van der Waals surface area contributed by atoms with E-state index in [2.05, 4.69) is 37.1 Å². The average Bonchev–Trinajstić information content (AvgIpc) is 3.57. The summed E-state index contributed by atoms with van der Waals surface area (Å²) < 4.78 is 17.0. The summed E-state index contributed by atoms with van der Waals surface area (Å²) in [5, 5.41) is 32.3. The predicted molar refractivity (Wildman–Crippen MR) is 125 cm³/mol. The van der Waals surface area contributed by atoms with Crippen LogP contribution in [0.1, 0.15) is 57.7 Å². The first-order valence-electron chi connectivity index (χ1n) is 12.2. The number of phenolic OH excluding ortho intramolecular Hbond substituents is 1. The molecule has 2 bridgehead atoms. The molecule has 3 aliphatic carbocycles. The lowest BCUT2D eigenvalue weighted by atomic mass is 9.60. The lowest BCUT2D eigenvalue weighted by Gasteiger charge is -2.51. The summed E-state index contributed by atoms with van der Waals surface area (Å²) in [5.74, 6) is 1.02. The molecule has 3 aliphatic rings. The van der Waals surface area contributed by atoms with Crippen LogP contribution in [0.25, 0.3) is 17.1 Å². The van der Waals surface area contributed by atoms with E-state index in [9.17, 15) is 5.11 Å². The summed E-state index contributed by atoms with van der Waals surface area (Å²) in [6, 6.07) is 6.88. The third-order valence-corrected chi connectivity index (χ3v) is 7.82. The van der Waals surface area contributed by atoms with Crippen molar-refractivity contribution in [3.05, 3.63) is 36.5 Å². The number of nitrogens with zero attached hydrogens (tertiary/aromatic N) is 8. The van der Waals surface area contributed by atoms with Gasteiger partial charge in [-0.05, 0) is 62.0 Å². The first-order chi connectivity index (χ1) is 16.9. The average molecular weight is 475 g/mol. The Morgan fingerprint density at radius 3 is 2.74 bits per heavy atom. The third-order valence-electron chi connectivity index (χ3n) is 7.82. The van der Waals surface area contributed by atoms with Gasteiger partial charge in [-0.25, -0.2) is 19.0 Å². The van der Waals surface area contributed by atoms with Gasteiger partial charge in [0.25, 0.3) is 5.82 Å². The molecule has 2 aromatic heterocycles. The van der Waals surface area contributed by atoms with Crippen molar-refractivity contribution in [3.8, 4) is 28.9 Å². The molecule has 0 amide bonds. The first kappa shape index (κ1) is 21.9. The van der Waals surface area contributed by atoms with E-state index < -0.39 is 6.17 Å². The van der Waals surface area contributed by atoms with Crippen molar-refractivity contribution in [2.45, 2.75) is 70.1 Å². The summed E-state index contributed by atoms with van der Waals surface area (Å²) in [6.45, 7) is 2.31. The fourth-order valence-corrected chi connectivity index (χ4v) is 6.05. The molecule has 6 rings (SSSR count). The van der Waals surface area contributed by atoms with Crippen molar-refractivity contribution in [2.75, 3.05) is 4.90 Å². The largest absolute Gasteiger partial charge is 0.507 e. The highest BCUT2D eigenvalue weighted by Gasteiger charge is 2.50. The summed E-state index contributed by atoms with van der Waals surface area (Å²) >= 11 is 0. The van der Waals surface area contributed by atoms with E-state index in [1.54, 1.807) is 18.3 Å². The minimum absolute atomic E-state index is 0.0399. The maximum absolute atomic E-state index is 15.6. The molecule has 4 atom stereocenters. The first-order valence-corrected chi connectivity index (χ1v) is 12.2. The van der Waals surface area contributed by atoms with Gasteiger partial charge in [-0.3, -0.25) is 0 Å². The maximum Gasteiger partial charge on any atom is 0.252 e. The third kappa shape index (κ3) is 3.99. The Hall–Kier alpha value is -3.61. The fraction of sp³-hybridized carbons (Fsp3) is 0.520. The van der Waals surface area contributed by atoms with Gasteiger partial charge in [0.2, 0.25) is 0 Å². The maximum atomic E-state index is 15.6. The molecule has 3 aromatic rings. The number of hydrogen-bond acceptors (Lipinski definition) is 8. The lowest BCUT2D eigenvalue weighted by Crippen LogP contribution is -2.54. The smallest absolute Gasteiger partial charge is 0.252 e. The summed E-state index contributed by atoms with van der Waals surface area (Å²) in [7, 11) is 0. The molecule has 0 aliphatic heterocycles. The Kier molecular flexibility index (Phi) is 5.16. The Morgan fingerprint density at radius 2 is 2.06 bits per heavy atom. The monoisotopic (exact) mass is 474 g/mol. The van der Waals surface area contributed by atoms with Gasteiger partial charge in [-0.1, -0.05) is 13.3 Å². The number of rotatable bonds is 5. The summed E-state index contributed by atoms with van der Waals surface area (Å²) in [5.41, 5.74) is 1.17. The van der Waals surface area contributed by atoms with Gasteiger partial charge in [0.05, 0.1) is 23.5 Å². The van der Waals surface area contributed by atoms with Crippen LogP contribution in [-0.2, 0) is 0 Å². The minimum Gasteiger partial charge on any atom is -0.507 e. The van der Waals surface area contributed by atoms with E-state index in [1.165, 1.54) is 17.1 Å². The number of phenols is 1. The van der Waals surface area contributed by atoms with E-state index in [4.69, 9.17) is 5.26 Å². The zero-order valence-corrected chi connectivity index (χ0v) is 19.5. The van der Waals surface area contributed by atoms with Crippen LogP contribution in [0.3, 0.4) is 0 Å². The second-order valence-electron chi connectivity index (χ2n) is 10.5. The van der Waals surface area contributed by atoms with Crippen molar-refractivity contribution < 1.29 is 9.50 Å². The lowest BCUT2D eigenvalue weighted by molar-refractivity contribution is 0.00942. The van der Waals surface area contributed by atoms with Crippen LogP contribution in [0.5, 0.6) is 5.75 Å². The summed E-state index contributed by atoms with van der Waals surface area (Å²) in [4.78, 5) is 10.5. The van der Waals surface area contributed by atoms with Gasteiger partial charge in [0.1, 0.15) is 24.3 Å². The highest BCUT2D eigenvalue weighted by Crippen LogP contribution is 2.52. The molecule has 0 unspecified atom stereocenters. The Morgan fingerprint density at radius 1 is 1.20 bits per heavy atom. The fourth-order valence-electron chi connectivity index (χ4n) is 6.05. The standard InChI is InChI=1S/C25H27FN8O/c1-25-8-2-3-15(10-25)23(26)19(11-25)34(16-4-5-16)22-13-28-24(31-30-22)18-7-6-17(9-20(18)35)33-14-29-21(12-27)32-33/h6-7,9,13-16,19,23,35H,2-5,8,10-11H2,1H3/t15-,19-,23+,25+/m0/s1. The number of aromatic nitrogens is 6. The van der Waals surface area contributed by atoms with Gasteiger partial charge in [0.15, 0.2) is 11.6 Å². The van der Waals surface area contributed by atoms with Crippen molar-refractivity contribution in [1.29, 1.82) is 5.26 Å². The number of aromatic hydroxyl groups is 1. The number of benzene rings is 1. The molecule has 180 valence electrons. The molecule has 0 spiro atoms. The van der Waals surface area contributed by atoms with E-state index in [-0.39, 0.29) is 40.8 Å². The van der Waals surface area contributed by atoms with Crippen LogP contribution < -0.4 is 4.90 Å². The van der Waals surface area contributed by atoms with Crippen molar-refractivity contribution >= 4 is 5.82 Å². The number of anilines is 1. The quantitative estimate of drug-likeness (QED) is 0.590. The molecular weight excluding hydrogens is 447 g/mol. The van der Waals surface area contributed by atoms with Gasteiger partial charge < -0.3 is 10.0 Å². The van der Waals surface area contributed by atoms with E-state index in [0.717, 1.165) is 44.9 Å². The molecule has 0 radical (unpaired) electrons. The van der Waals surface area contributed by atoms with Gasteiger partial charge >= 0.3 is 0 Å². The molecule has 3 fully saturated rings. The minimum atomic E-state index is -0.861. The van der Waals surface area contributed by atoms with Gasteiger partial charge in [-0.2, -0.15) is 5.26 Å². The van der Waals surface area contributed by atoms with E-state index in [1.807, 2.05) is 6.07 Å². The summed E-state index contributed by atoms with van der Waals surface area (Å²) in [6.07, 6.45) is 9.34. The van der Waals surface area contributed by atoms with Crippen LogP contribution in [-0.4, -0.2) is 53.3 Å².